The largest absolute Gasteiger partial charge is 0.0917 e. The molecule has 0 N–H and O–H groups in total. The first kappa shape index (κ1) is 15.5. The van der Waals surface area contributed by atoms with Gasteiger partial charge < -0.3 is 0 Å². The van der Waals surface area contributed by atoms with Crippen LogP contribution < -0.4 is 0 Å². The first-order chi connectivity index (χ1) is 7.91. The summed E-state index contributed by atoms with van der Waals surface area (Å²) in [6.07, 6.45) is 22.6. The van der Waals surface area contributed by atoms with Crippen molar-refractivity contribution in [2.75, 3.05) is 0 Å². The Morgan fingerprint density at radius 1 is 0.625 bits per heavy atom. The topological polar surface area (TPSA) is 0 Å². The zero-order valence-electron chi connectivity index (χ0n) is 11.4. The fourth-order valence-electron chi connectivity index (χ4n) is 1.81. The molecule has 0 heteroatoms. The zero-order chi connectivity index (χ0) is 11.9. The van der Waals surface area contributed by atoms with Crippen LogP contribution in [0.15, 0.2) is 24.3 Å². The fourth-order valence-corrected chi connectivity index (χ4v) is 1.81. The van der Waals surface area contributed by atoms with Crippen molar-refractivity contribution >= 4 is 0 Å². The summed E-state index contributed by atoms with van der Waals surface area (Å²) in [5, 5.41) is 0. The second-order valence-corrected chi connectivity index (χ2v) is 4.53. The van der Waals surface area contributed by atoms with Crippen LogP contribution in [0.2, 0.25) is 0 Å². The van der Waals surface area contributed by atoms with Crippen molar-refractivity contribution in [1.82, 2.24) is 0 Å². The Bertz CT molecular complexity index is 165. The molecule has 0 bridgehead atoms. The maximum atomic E-state index is 2.36. The Hall–Kier alpha value is -0.520. The van der Waals surface area contributed by atoms with Crippen LogP contribution in [0.5, 0.6) is 0 Å². The molecule has 0 atom stereocenters. The van der Waals surface area contributed by atoms with Gasteiger partial charge in [-0.25, -0.2) is 0 Å². The summed E-state index contributed by atoms with van der Waals surface area (Å²) in [5.74, 6) is 0. The normalized spacial score (nSPS) is 11.9. The number of unbranched alkanes of at least 4 members (excludes halogenated alkanes) is 8. The van der Waals surface area contributed by atoms with E-state index >= 15 is 0 Å². The molecule has 94 valence electrons. The van der Waals surface area contributed by atoms with E-state index in [1.807, 2.05) is 0 Å². The molecule has 0 aliphatic heterocycles. The predicted octanol–water partition coefficient (Wildman–Crippen LogP) is 6.04. The van der Waals surface area contributed by atoms with Crippen molar-refractivity contribution in [3.05, 3.63) is 24.3 Å². The van der Waals surface area contributed by atoms with E-state index in [0.717, 1.165) is 0 Å². The van der Waals surface area contributed by atoms with Crippen LogP contribution in [0, 0.1) is 0 Å². The second-order valence-electron chi connectivity index (χ2n) is 4.53. The lowest BCUT2D eigenvalue weighted by atomic mass is 10.1. The van der Waals surface area contributed by atoms with E-state index in [0.29, 0.717) is 0 Å². The molecule has 0 aromatic heterocycles. The molecule has 0 fully saturated rings. The first-order valence-electron chi connectivity index (χ1n) is 7.18. The quantitative estimate of drug-likeness (QED) is 0.295. The molecule has 0 aromatic carbocycles. The average Bonchev–Trinajstić information content (AvgIpc) is 2.31. The molecule has 0 saturated heterocycles. The Morgan fingerprint density at radius 3 is 1.88 bits per heavy atom. The standard InChI is InChI=1S/C16H30/c1-3-5-7-9-11-13-15-16-14-12-10-8-6-4-2/h3,5,11,13H,4,6-10,12,14-16H2,1-2H3. The molecule has 0 heterocycles. The van der Waals surface area contributed by atoms with Gasteiger partial charge in [0, 0.05) is 0 Å². The minimum absolute atomic E-state index is 1.20. The van der Waals surface area contributed by atoms with Crippen LogP contribution in [-0.4, -0.2) is 0 Å². The molecule has 0 amide bonds. The van der Waals surface area contributed by atoms with Crippen molar-refractivity contribution in [2.45, 2.75) is 78.1 Å². The summed E-state index contributed by atoms with van der Waals surface area (Å²) in [6.45, 7) is 4.36. The van der Waals surface area contributed by atoms with Crippen molar-refractivity contribution < 1.29 is 0 Å². The molecular weight excluding hydrogens is 192 g/mol. The number of hydrogen-bond donors (Lipinski definition) is 0. The SMILES string of the molecule is CC=CCCC=CCCCCCCCCC. The van der Waals surface area contributed by atoms with E-state index < -0.39 is 0 Å². The van der Waals surface area contributed by atoms with E-state index in [1.54, 1.807) is 0 Å². The van der Waals surface area contributed by atoms with E-state index in [-0.39, 0.29) is 0 Å². The van der Waals surface area contributed by atoms with Gasteiger partial charge in [0.2, 0.25) is 0 Å². The maximum absolute atomic E-state index is 2.36. The van der Waals surface area contributed by atoms with Crippen LogP contribution in [0.25, 0.3) is 0 Å². The highest BCUT2D eigenvalue weighted by molar-refractivity contribution is 4.86. The van der Waals surface area contributed by atoms with Crippen molar-refractivity contribution in [3.63, 3.8) is 0 Å². The molecule has 0 nitrogen and oxygen atoms in total. The average molecular weight is 222 g/mol. The molecule has 0 aliphatic rings. The summed E-state index contributed by atoms with van der Waals surface area (Å²) in [4.78, 5) is 0. The van der Waals surface area contributed by atoms with Crippen LogP contribution >= 0.6 is 0 Å². The van der Waals surface area contributed by atoms with Crippen LogP contribution in [0.4, 0.5) is 0 Å². The van der Waals surface area contributed by atoms with Crippen molar-refractivity contribution in [3.8, 4) is 0 Å². The smallest absolute Gasteiger partial charge is 0.0316 e. The van der Waals surface area contributed by atoms with E-state index in [1.165, 1.54) is 64.2 Å². The molecule has 0 aromatic rings. The molecule has 0 saturated carbocycles. The van der Waals surface area contributed by atoms with Gasteiger partial charge in [0.05, 0.1) is 0 Å². The molecule has 0 aliphatic carbocycles. The Labute approximate surface area is 103 Å². The second kappa shape index (κ2) is 14.5. The first-order valence-corrected chi connectivity index (χ1v) is 7.18. The molecule has 0 unspecified atom stereocenters. The van der Waals surface area contributed by atoms with Crippen LogP contribution in [0.3, 0.4) is 0 Å². The van der Waals surface area contributed by atoms with Gasteiger partial charge in [0.25, 0.3) is 0 Å². The van der Waals surface area contributed by atoms with Gasteiger partial charge in [-0.3, -0.25) is 0 Å². The molecule has 0 rings (SSSR count). The molecule has 0 spiro atoms. The number of rotatable bonds is 11. The third-order valence-corrected chi connectivity index (χ3v) is 2.88. The third-order valence-electron chi connectivity index (χ3n) is 2.88. The monoisotopic (exact) mass is 222 g/mol. The van der Waals surface area contributed by atoms with Gasteiger partial charge in [-0.05, 0) is 32.6 Å². The summed E-state index contributed by atoms with van der Waals surface area (Å²) in [6, 6.07) is 0. The lowest BCUT2D eigenvalue weighted by molar-refractivity contribution is 0.592. The Morgan fingerprint density at radius 2 is 1.19 bits per heavy atom. The summed E-state index contributed by atoms with van der Waals surface area (Å²) in [7, 11) is 0. The molecule has 16 heavy (non-hydrogen) atoms. The van der Waals surface area contributed by atoms with Gasteiger partial charge in [-0.15, -0.1) is 0 Å². The van der Waals surface area contributed by atoms with Crippen LogP contribution in [0.1, 0.15) is 78.1 Å². The van der Waals surface area contributed by atoms with Crippen molar-refractivity contribution in [1.29, 1.82) is 0 Å². The van der Waals surface area contributed by atoms with Gasteiger partial charge in [-0.1, -0.05) is 69.8 Å². The minimum atomic E-state index is 1.20. The highest BCUT2D eigenvalue weighted by Crippen LogP contribution is 2.08. The summed E-state index contributed by atoms with van der Waals surface area (Å²) >= 11 is 0. The summed E-state index contributed by atoms with van der Waals surface area (Å²) < 4.78 is 0. The third kappa shape index (κ3) is 13.5. The summed E-state index contributed by atoms with van der Waals surface area (Å²) in [5.41, 5.74) is 0. The Kier molecular flexibility index (Phi) is 14.0. The van der Waals surface area contributed by atoms with Crippen molar-refractivity contribution in [2.24, 2.45) is 0 Å². The highest BCUT2D eigenvalue weighted by atomic mass is 13.9. The molecular formula is C16H30. The van der Waals surface area contributed by atoms with E-state index in [9.17, 15) is 0 Å². The highest BCUT2D eigenvalue weighted by Gasteiger charge is 1.89. The van der Waals surface area contributed by atoms with Gasteiger partial charge in [0.15, 0.2) is 0 Å². The van der Waals surface area contributed by atoms with Gasteiger partial charge >= 0.3 is 0 Å². The Balaban J connectivity index is 3.02. The lowest BCUT2D eigenvalue weighted by Crippen LogP contribution is -1.78. The van der Waals surface area contributed by atoms with Gasteiger partial charge in [-0.2, -0.15) is 0 Å². The maximum Gasteiger partial charge on any atom is -0.0316 e. The number of allylic oxidation sites excluding steroid dienone is 4. The predicted molar refractivity (Wildman–Crippen MR) is 75.8 cm³/mol. The van der Waals surface area contributed by atoms with Gasteiger partial charge in [0.1, 0.15) is 0 Å². The zero-order valence-corrected chi connectivity index (χ0v) is 11.4. The minimum Gasteiger partial charge on any atom is -0.0917 e. The van der Waals surface area contributed by atoms with E-state index in [2.05, 4.69) is 38.2 Å². The molecule has 0 radical (unpaired) electrons. The van der Waals surface area contributed by atoms with E-state index in [4.69, 9.17) is 0 Å². The number of hydrogen-bond acceptors (Lipinski definition) is 0. The lowest BCUT2D eigenvalue weighted by Gasteiger charge is -1.98. The van der Waals surface area contributed by atoms with Crippen LogP contribution in [-0.2, 0) is 0 Å². The fraction of sp³-hybridized carbons (Fsp3) is 0.750.